The van der Waals surface area contributed by atoms with Crippen LogP contribution in [0, 0.1) is 6.92 Å². The predicted octanol–water partition coefficient (Wildman–Crippen LogP) is 3.62. The molecule has 0 radical (unpaired) electrons. The van der Waals surface area contributed by atoms with Gasteiger partial charge in [0.1, 0.15) is 17.4 Å². The lowest BCUT2D eigenvalue weighted by Gasteiger charge is -2.25. The van der Waals surface area contributed by atoms with Gasteiger partial charge in [0, 0.05) is 30.3 Å². The number of hydrogen-bond donors (Lipinski definition) is 1. The molecule has 1 saturated heterocycles. The molecule has 1 aromatic carbocycles. The van der Waals surface area contributed by atoms with Gasteiger partial charge in [0.05, 0.1) is 5.69 Å². The molecule has 0 saturated carbocycles. The Labute approximate surface area is 129 Å². The highest BCUT2D eigenvalue weighted by Gasteiger charge is 2.15. The maximum Gasteiger partial charge on any atom is 0.143 e. The van der Waals surface area contributed by atoms with E-state index in [1.54, 1.807) is 11.3 Å². The normalized spacial score (nSPS) is 15.9. The molecule has 1 fully saturated rings. The second-order valence-corrected chi connectivity index (χ2v) is 6.14. The van der Waals surface area contributed by atoms with Gasteiger partial charge in [-0.3, -0.25) is 0 Å². The first kappa shape index (κ1) is 14.4. The number of nitrogens with one attached hydrogen (secondary N) is 1. The summed E-state index contributed by atoms with van der Waals surface area (Å²) in [6, 6.07) is 8.56. The lowest BCUT2D eigenvalue weighted by molar-refractivity contribution is 0.0904. The zero-order valence-corrected chi connectivity index (χ0v) is 13.0. The van der Waals surface area contributed by atoms with E-state index in [1.807, 2.05) is 30.5 Å². The molecular weight excluding hydrogens is 284 g/mol. The van der Waals surface area contributed by atoms with E-state index >= 15 is 0 Å². The molecule has 0 spiro atoms. The fourth-order valence-corrected chi connectivity index (χ4v) is 3.07. The van der Waals surface area contributed by atoms with Crippen LogP contribution in [-0.2, 0) is 11.3 Å². The molecule has 5 heteroatoms. The number of hydrogen-bond acceptors (Lipinski definition) is 5. The molecule has 21 heavy (non-hydrogen) atoms. The molecule has 112 valence electrons. The first-order chi connectivity index (χ1) is 10.3. The third kappa shape index (κ3) is 3.95. The van der Waals surface area contributed by atoms with Gasteiger partial charge in [-0.1, -0.05) is 12.1 Å². The number of para-hydroxylation sites is 2. The Bertz CT molecular complexity index is 579. The molecular formula is C16H20N2O2S. The van der Waals surface area contributed by atoms with Crippen LogP contribution < -0.4 is 10.1 Å². The van der Waals surface area contributed by atoms with Gasteiger partial charge < -0.3 is 14.8 Å². The summed E-state index contributed by atoms with van der Waals surface area (Å²) >= 11 is 1.64. The standard InChI is InChI=1S/C16H20N2O2S/c1-12-11-21-16(17-12)10-20-15-5-3-2-4-14(15)18-13-6-8-19-9-7-13/h2-5,11,13,18H,6-10H2,1H3. The summed E-state index contributed by atoms with van der Waals surface area (Å²) in [6.45, 7) is 4.18. The van der Waals surface area contributed by atoms with Crippen molar-refractivity contribution in [3.8, 4) is 5.75 Å². The maximum absolute atomic E-state index is 5.93. The molecule has 1 aromatic heterocycles. The van der Waals surface area contributed by atoms with Crippen molar-refractivity contribution in [2.45, 2.75) is 32.4 Å². The van der Waals surface area contributed by atoms with Crippen LogP contribution in [0.4, 0.5) is 5.69 Å². The van der Waals surface area contributed by atoms with Crippen LogP contribution in [0.2, 0.25) is 0 Å². The Morgan fingerprint density at radius 2 is 2.14 bits per heavy atom. The maximum atomic E-state index is 5.93. The first-order valence-electron chi connectivity index (χ1n) is 7.28. The third-order valence-electron chi connectivity index (χ3n) is 3.49. The van der Waals surface area contributed by atoms with Crippen LogP contribution >= 0.6 is 11.3 Å². The Balaban J connectivity index is 1.64. The lowest BCUT2D eigenvalue weighted by atomic mass is 10.1. The van der Waals surface area contributed by atoms with E-state index in [1.165, 1.54) is 0 Å². The van der Waals surface area contributed by atoms with Gasteiger partial charge in [-0.2, -0.15) is 0 Å². The van der Waals surface area contributed by atoms with Gasteiger partial charge in [-0.25, -0.2) is 4.98 Å². The molecule has 1 aliphatic heterocycles. The van der Waals surface area contributed by atoms with Crippen LogP contribution in [0.25, 0.3) is 0 Å². The van der Waals surface area contributed by atoms with Crippen LogP contribution in [-0.4, -0.2) is 24.2 Å². The Morgan fingerprint density at radius 3 is 2.90 bits per heavy atom. The highest BCUT2D eigenvalue weighted by molar-refractivity contribution is 7.09. The second kappa shape index (κ2) is 6.91. The van der Waals surface area contributed by atoms with E-state index < -0.39 is 0 Å². The van der Waals surface area contributed by atoms with E-state index in [0.29, 0.717) is 12.6 Å². The molecule has 0 bridgehead atoms. The average Bonchev–Trinajstić information content (AvgIpc) is 2.93. The fourth-order valence-electron chi connectivity index (χ4n) is 2.38. The molecule has 2 aromatic rings. The van der Waals surface area contributed by atoms with Gasteiger partial charge in [-0.15, -0.1) is 11.3 Å². The smallest absolute Gasteiger partial charge is 0.143 e. The van der Waals surface area contributed by atoms with Gasteiger partial charge in [0.15, 0.2) is 0 Å². The largest absolute Gasteiger partial charge is 0.484 e. The van der Waals surface area contributed by atoms with E-state index in [9.17, 15) is 0 Å². The molecule has 1 aliphatic rings. The van der Waals surface area contributed by atoms with Crippen LogP contribution in [0.5, 0.6) is 5.75 Å². The summed E-state index contributed by atoms with van der Waals surface area (Å²) in [5.74, 6) is 0.886. The number of nitrogens with zero attached hydrogens (tertiary/aromatic N) is 1. The summed E-state index contributed by atoms with van der Waals surface area (Å²) in [4.78, 5) is 4.43. The minimum atomic E-state index is 0.464. The van der Waals surface area contributed by atoms with E-state index in [4.69, 9.17) is 9.47 Å². The minimum absolute atomic E-state index is 0.464. The van der Waals surface area contributed by atoms with E-state index in [2.05, 4.69) is 16.4 Å². The summed E-state index contributed by atoms with van der Waals surface area (Å²) in [5.41, 5.74) is 2.10. The van der Waals surface area contributed by atoms with E-state index in [-0.39, 0.29) is 0 Å². The number of aromatic nitrogens is 1. The number of thiazole rings is 1. The minimum Gasteiger partial charge on any atom is -0.484 e. The Morgan fingerprint density at radius 1 is 1.33 bits per heavy atom. The molecule has 2 heterocycles. The fraction of sp³-hybridized carbons (Fsp3) is 0.438. The van der Waals surface area contributed by atoms with Gasteiger partial charge >= 0.3 is 0 Å². The van der Waals surface area contributed by atoms with Crippen molar-refractivity contribution in [3.05, 3.63) is 40.3 Å². The van der Waals surface area contributed by atoms with Crippen molar-refractivity contribution in [3.63, 3.8) is 0 Å². The molecule has 0 unspecified atom stereocenters. The number of anilines is 1. The monoisotopic (exact) mass is 304 g/mol. The predicted molar refractivity (Wildman–Crippen MR) is 85.1 cm³/mol. The highest BCUT2D eigenvalue weighted by atomic mass is 32.1. The summed E-state index contributed by atoms with van der Waals surface area (Å²) in [7, 11) is 0. The zero-order chi connectivity index (χ0) is 14.5. The van der Waals surface area contributed by atoms with Crippen molar-refractivity contribution < 1.29 is 9.47 Å². The Hall–Kier alpha value is -1.59. The van der Waals surface area contributed by atoms with Crippen molar-refractivity contribution in [1.29, 1.82) is 0 Å². The lowest BCUT2D eigenvalue weighted by Crippen LogP contribution is -2.28. The van der Waals surface area contributed by atoms with Crippen LogP contribution in [0.15, 0.2) is 29.6 Å². The summed E-state index contributed by atoms with van der Waals surface area (Å²) in [6.07, 6.45) is 2.08. The molecule has 4 nitrogen and oxygen atoms in total. The first-order valence-corrected chi connectivity index (χ1v) is 8.16. The second-order valence-electron chi connectivity index (χ2n) is 5.20. The van der Waals surface area contributed by atoms with Crippen LogP contribution in [0.3, 0.4) is 0 Å². The zero-order valence-electron chi connectivity index (χ0n) is 12.2. The van der Waals surface area contributed by atoms with E-state index in [0.717, 1.165) is 48.2 Å². The molecule has 1 N–H and O–H groups in total. The number of benzene rings is 1. The number of aryl methyl sites for hydroxylation is 1. The number of ether oxygens (including phenoxy) is 2. The van der Waals surface area contributed by atoms with Gasteiger partial charge in [-0.05, 0) is 31.9 Å². The van der Waals surface area contributed by atoms with Gasteiger partial charge in [0.25, 0.3) is 0 Å². The molecule has 3 rings (SSSR count). The van der Waals surface area contributed by atoms with Crippen molar-refractivity contribution in [2.24, 2.45) is 0 Å². The SMILES string of the molecule is Cc1csc(COc2ccccc2NC2CCOCC2)n1. The summed E-state index contributed by atoms with van der Waals surface area (Å²) < 4.78 is 11.3. The van der Waals surface area contributed by atoms with Crippen molar-refractivity contribution in [1.82, 2.24) is 4.98 Å². The summed E-state index contributed by atoms with van der Waals surface area (Å²) in [5, 5.41) is 6.62. The van der Waals surface area contributed by atoms with Crippen molar-refractivity contribution >= 4 is 17.0 Å². The quantitative estimate of drug-likeness (QED) is 0.916. The molecule has 0 atom stereocenters. The highest BCUT2D eigenvalue weighted by Crippen LogP contribution is 2.27. The average molecular weight is 304 g/mol. The molecule has 0 aliphatic carbocycles. The Kier molecular flexibility index (Phi) is 4.72. The third-order valence-corrected chi connectivity index (χ3v) is 4.43. The van der Waals surface area contributed by atoms with Crippen molar-refractivity contribution in [2.75, 3.05) is 18.5 Å². The van der Waals surface area contributed by atoms with Gasteiger partial charge in [0.2, 0.25) is 0 Å². The van der Waals surface area contributed by atoms with Crippen LogP contribution in [0.1, 0.15) is 23.5 Å². The molecule has 0 amide bonds. The number of rotatable bonds is 5. The topological polar surface area (TPSA) is 43.4 Å².